The molecule has 1 aliphatic rings. The minimum absolute atomic E-state index is 0.0209. The van der Waals surface area contributed by atoms with Crippen LogP contribution in [0.3, 0.4) is 0 Å². The standard InChI is InChI=1S/C23H20ClNO/c1-16-9-11-18(12-10-16)22-21-8-3-2-5-17(21)13-14-25(22)23(26)19-6-4-7-20(24)15-19/h2-12,15,22H,13-14H2,1H3/t22-/m0/s1. The monoisotopic (exact) mass is 361 g/mol. The lowest BCUT2D eigenvalue weighted by Crippen LogP contribution is -2.40. The van der Waals surface area contributed by atoms with Crippen molar-refractivity contribution in [2.24, 2.45) is 0 Å². The summed E-state index contributed by atoms with van der Waals surface area (Å²) in [7, 11) is 0. The van der Waals surface area contributed by atoms with Gasteiger partial charge in [-0.15, -0.1) is 0 Å². The highest BCUT2D eigenvalue weighted by Crippen LogP contribution is 2.36. The molecule has 1 atom stereocenters. The minimum Gasteiger partial charge on any atom is -0.327 e. The Bertz CT molecular complexity index is 948. The number of carbonyl (C=O) groups excluding carboxylic acids is 1. The molecular formula is C23H20ClNO. The van der Waals surface area contributed by atoms with Gasteiger partial charge in [0, 0.05) is 17.1 Å². The second kappa shape index (κ2) is 6.97. The molecule has 0 fully saturated rings. The summed E-state index contributed by atoms with van der Waals surface area (Å²) in [6.45, 7) is 2.77. The van der Waals surface area contributed by atoms with Crippen LogP contribution in [0.1, 0.15) is 38.7 Å². The summed E-state index contributed by atoms with van der Waals surface area (Å²) < 4.78 is 0. The number of benzene rings is 3. The van der Waals surface area contributed by atoms with Crippen LogP contribution < -0.4 is 0 Å². The van der Waals surface area contributed by atoms with Crippen LogP contribution >= 0.6 is 11.6 Å². The summed E-state index contributed by atoms with van der Waals surface area (Å²) in [5.41, 5.74) is 5.50. The molecule has 0 spiro atoms. The van der Waals surface area contributed by atoms with Crippen LogP contribution in [0.5, 0.6) is 0 Å². The summed E-state index contributed by atoms with van der Waals surface area (Å²) in [6.07, 6.45) is 0.866. The van der Waals surface area contributed by atoms with Crippen molar-refractivity contribution < 1.29 is 4.79 Å². The first kappa shape index (κ1) is 16.9. The summed E-state index contributed by atoms with van der Waals surface area (Å²) >= 11 is 6.11. The van der Waals surface area contributed by atoms with E-state index >= 15 is 0 Å². The lowest BCUT2D eigenvalue weighted by Gasteiger charge is -2.38. The van der Waals surface area contributed by atoms with Crippen LogP contribution in [0, 0.1) is 6.92 Å². The van der Waals surface area contributed by atoms with Gasteiger partial charge in [-0.3, -0.25) is 4.79 Å². The maximum absolute atomic E-state index is 13.3. The molecule has 0 aliphatic carbocycles. The first-order valence-electron chi connectivity index (χ1n) is 8.84. The number of hydrogen-bond acceptors (Lipinski definition) is 1. The van der Waals surface area contributed by atoms with E-state index in [-0.39, 0.29) is 11.9 Å². The highest BCUT2D eigenvalue weighted by Gasteiger charge is 2.32. The van der Waals surface area contributed by atoms with Crippen molar-refractivity contribution in [3.05, 3.63) is 106 Å². The zero-order valence-corrected chi connectivity index (χ0v) is 15.4. The quantitative estimate of drug-likeness (QED) is 0.595. The Hall–Kier alpha value is -2.58. The number of aryl methyl sites for hydroxylation is 1. The molecule has 0 unspecified atom stereocenters. The van der Waals surface area contributed by atoms with E-state index in [0.29, 0.717) is 17.1 Å². The smallest absolute Gasteiger partial charge is 0.254 e. The number of amides is 1. The van der Waals surface area contributed by atoms with Gasteiger partial charge in [-0.05, 0) is 48.2 Å². The third-order valence-electron chi connectivity index (χ3n) is 5.01. The average molecular weight is 362 g/mol. The van der Waals surface area contributed by atoms with E-state index in [1.807, 2.05) is 23.1 Å². The highest BCUT2D eigenvalue weighted by molar-refractivity contribution is 6.30. The highest BCUT2D eigenvalue weighted by atomic mass is 35.5. The number of nitrogens with zero attached hydrogens (tertiary/aromatic N) is 1. The molecule has 130 valence electrons. The molecule has 26 heavy (non-hydrogen) atoms. The van der Waals surface area contributed by atoms with E-state index in [9.17, 15) is 4.79 Å². The second-order valence-corrected chi connectivity index (χ2v) is 7.21. The topological polar surface area (TPSA) is 20.3 Å². The number of carbonyl (C=O) groups is 1. The zero-order valence-electron chi connectivity index (χ0n) is 14.7. The fraction of sp³-hybridized carbons (Fsp3) is 0.174. The molecule has 0 bridgehead atoms. The lowest BCUT2D eigenvalue weighted by atomic mass is 9.87. The molecule has 1 aliphatic heterocycles. The predicted molar refractivity (Wildman–Crippen MR) is 106 cm³/mol. The van der Waals surface area contributed by atoms with Gasteiger partial charge >= 0.3 is 0 Å². The molecule has 1 heterocycles. The van der Waals surface area contributed by atoms with E-state index in [4.69, 9.17) is 11.6 Å². The van der Waals surface area contributed by atoms with Gasteiger partial charge in [-0.2, -0.15) is 0 Å². The second-order valence-electron chi connectivity index (χ2n) is 6.77. The van der Waals surface area contributed by atoms with E-state index in [1.54, 1.807) is 12.1 Å². The van der Waals surface area contributed by atoms with Gasteiger partial charge in [0.25, 0.3) is 5.91 Å². The molecule has 0 saturated heterocycles. The normalized spacial score (nSPS) is 16.2. The van der Waals surface area contributed by atoms with Crippen molar-refractivity contribution in [3.63, 3.8) is 0 Å². The summed E-state index contributed by atoms with van der Waals surface area (Å²) in [6, 6.07) is 24.0. The Labute approximate surface area is 159 Å². The first-order chi connectivity index (χ1) is 12.6. The van der Waals surface area contributed by atoms with E-state index in [0.717, 1.165) is 12.0 Å². The fourth-order valence-corrected chi connectivity index (χ4v) is 3.87. The van der Waals surface area contributed by atoms with Gasteiger partial charge in [0.1, 0.15) is 0 Å². The van der Waals surface area contributed by atoms with Gasteiger partial charge in [0.15, 0.2) is 0 Å². The van der Waals surface area contributed by atoms with Gasteiger partial charge in [0.05, 0.1) is 6.04 Å². The molecule has 3 aromatic rings. The van der Waals surface area contributed by atoms with Gasteiger partial charge in [-0.1, -0.05) is 71.8 Å². The van der Waals surface area contributed by atoms with E-state index in [2.05, 4.69) is 49.4 Å². The molecule has 3 heteroatoms. The summed E-state index contributed by atoms with van der Waals surface area (Å²) in [4.78, 5) is 15.3. The summed E-state index contributed by atoms with van der Waals surface area (Å²) in [5.74, 6) is 0.0209. The van der Waals surface area contributed by atoms with Crippen LogP contribution in [0.2, 0.25) is 5.02 Å². The molecule has 1 amide bonds. The Morgan fingerprint density at radius 2 is 1.77 bits per heavy atom. The number of halogens is 1. The summed E-state index contributed by atoms with van der Waals surface area (Å²) in [5, 5.41) is 0.583. The van der Waals surface area contributed by atoms with Crippen LogP contribution in [0.15, 0.2) is 72.8 Å². The van der Waals surface area contributed by atoms with Crippen LogP contribution in [0.4, 0.5) is 0 Å². The van der Waals surface area contributed by atoms with Crippen molar-refractivity contribution >= 4 is 17.5 Å². The molecule has 3 aromatic carbocycles. The molecule has 0 radical (unpaired) electrons. The molecule has 0 N–H and O–H groups in total. The molecule has 0 saturated carbocycles. The van der Waals surface area contributed by atoms with Gasteiger partial charge in [0.2, 0.25) is 0 Å². The minimum atomic E-state index is -0.0768. The lowest BCUT2D eigenvalue weighted by molar-refractivity contribution is 0.0694. The van der Waals surface area contributed by atoms with E-state index < -0.39 is 0 Å². The van der Waals surface area contributed by atoms with Gasteiger partial charge < -0.3 is 4.90 Å². The molecule has 2 nitrogen and oxygen atoms in total. The van der Waals surface area contributed by atoms with Crippen LogP contribution in [0.25, 0.3) is 0 Å². The Kier molecular flexibility index (Phi) is 4.52. The number of hydrogen-bond donors (Lipinski definition) is 0. The zero-order chi connectivity index (χ0) is 18.1. The van der Waals surface area contributed by atoms with E-state index in [1.165, 1.54) is 16.7 Å². The fourth-order valence-electron chi connectivity index (χ4n) is 3.68. The predicted octanol–water partition coefficient (Wildman–Crippen LogP) is 5.44. The van der Waals surface area contributed by atoms with Crippen molar-refractivity contribution in [2.75, 3.05) is 6.54 Å². The number of rotatable bonds is 2. The van der Waals surface area contributed by atoms with Crippen molar-refractivity contribution in [1.82, 2.24) is 4.90 Å². The van der Waals surface area contributed by atoms with Crippen LogP contribution in [-0.2, 0) is 6.42 Å². The first-order valence-corrected chi connectivity index (χ1v) is 9.22. The Morgan fingerprint density at radius 1 is 1.00 bits per heavy atom. The largest absolute Gasteiger partial charge is 0.327 e. The van der Waals surface area contributed by atoms with Crippen molar-refractivity contribution in [2.45, 2.75) is 19.4 Å². The third kappa shape index (κ3) is 3.13. The Morgan fingerprint density at radius 3 is 2.54 bits per heavy atom. The van der Waals surface area contributed by atoms with Crippen LogP contribution in [-0.4, -0.2) is 17.4 Å². The van der Waals surface area contributed by atoms with Crippen molar-refractivity contribution in [1.29, 1.82) is 0 Å². The third-order valence-corrected chi connectivity index (χ3v) is 5.24. The Balaban J connectivity index is 1.80. The molecule has 0 aromatic heterocycles. The van der Waals surface area contributed by atoms with Crippen molar-refractivity contribution in [3.8, 4) is 0 Å². The van der Waals surface area contributed by atoms with Gasteiger partial charge in [-0.25, -0.2) is 0 Å². The maximum atomic E-state index is 13.3. The number of fused-ring (bicyclic) bond motifs is 1. The SMILES string of the molecule is Cc1ccc([C@H]2c3ccccc3CCN2C(=O)c2cccc(Cl)c2)cc1. The maximum Gasteiger partial charge on any atom is 0.254 e. The molecular weight excluding hydrogens is 342 g/mol. The average Bonchev–Trinajstić information content (AvgIpc) is 2.67. The molecule has 4 rings (SSSR count).